The quantitative estimate of drug-likeness (QED) is 0.896. The van der Waals surface area contributed by atoms with Crippen molar-refractivity contribution < 1.29 is 14.6 Å². The predicted molar refractivity (Wildman–Crippen MR) is 83.7 cm³/mol. The number of aryl methyl sites for hydroxylation is 1. The zero-order valence-corrected chi connectivity index (χ0v) is 13.4. The Morgan fingerprint density at radius 2 is 2.05 bits per heavy atom. The molecule has 0 saturated heterocycles. The monoisotopic (exact) mass is 349 g/mol. The number of carboxylic acids is 1. The zero-order valence-electron chi connectivity index (χ0n) is 11.8. The van der Waals surface area contributed by atoms with E-state index in [-0.39, 0.29) is 0 Å². The highest BCUT2D eigenvalue weighted by molar-refractivity contribution is 9.10. The van der Waals surface area contributed by atoms with Crippen molar-refractivity contribution in [1.29, 1.82) is 0 Å². The van der Waals surface area contributed by atoms with Gasteiger partial charge in [-0.15, -0.1) is 0 Å². The third-order valence-corrected chi connectivity index (χ3v) is 3.75. The maximum absolute atomic E-state index is 11.6. The summed E-state index contributed by atoms with van der Waals surface area (Å²) in [6, 6.07) is 9.30. The second kappa shape index (κ2) is 6.72. The van der Waals surface area contributed by atoms with E-state index in [2.05, 4.69) is 20.9 Å². The lowest BCUT2D eigenvalue weighted by Gasteiger charge is -2.15. The van der Waals surface area contributed by atoms with E-state index < -0.39 is 11.9 Å². The number of aliphatic carboxylic acids is 1. The van der Waals surface area contributed by atoms with Crippen molar-refractivity contribution in [2.45, 2.75) is 19.3 Å². The fraction of sp³-hybridized carbons (Fsp3) is 0.250. The summed E-state index contributed by atoms with van der Waals surface area (Å²) in [5.41, 5.74) is 2.40. The van der Waals surface area contributed by atoms with Crippen LogP contribution in [0.25, 0.3) is 0 Å². The van der Waals surface area contributed by atoms with E-state index >= 15 is 0 Å². The molecule has 1 aromatic heterocycles. The average Bonchev–Trinajstić information content (AvgIpc) is 2.46. The summed E-state index contributed by atoms with van der Waals surface area (Å²) in [6.45, 7) is 1.87. The predicted octanol–water partition coefficient (Wildman–Crippen LogP) is 3.57. The molecule has 1 heterocycles. The van der Waals surface area contributed by atoms with Gasteiger partial charge in [0.25, 0.3) is 0 Å². The largest absolute Gasteiger partial charge is 0.497 e. The lowest BCUT2D eigenvalue weighted by molar-refractivity contribution is -0.138. The molecular formula is C16H16BrNO3. The molecule has 1 unspecified atom stereocenters. The number of methoxy groups -OCH3 is 1. The molecule has 2 rings (SSSR count). The highest BCUT2D eigenvalue weighted by Crippen LogP contribution is 2.25. The van der Waals surface area contributed by atoms with Crippen LogP contribution in [0.2, 0.25) is 0 Å². The number of carboxylic acid groups (broad SMARTS) is 1. The number of rotatable bonds is 5. The van der Waals surface area contributed by atoms with E-state index in [9.17, 15) is 9.90 Å². The Labute approximate surface area is 131 Å². The van der Waals surface area contributed by atoms with Crippen LogP contribution in [-0.2, 0) is 11.2 Å². The zero-order chi connectivity index (χ0) is 15.4. The maximum atomic E-state index is 11.6. The standard InChI is InChI=1S/C16H16BrNO3/c1-10-7-12(17)9-18-15(10)14(16(19)20)8-11-3-5-13(21-2)6-4-11/h3-7,9,14H,8H2,1-2H3,(H,19,20). The normalized spacial score (nSPS) is 12.0. The smallest absolute Gasteiger partial charge is 0.312 e. The van der Waals surface area contributed by atoms with Crippen LogP contribution in [0, 0.1) is 6.92 Å². The number of hydrogen-bond acceptors (Lipinski definition) is 3. The first-order valence-corrected chi connectivity index (χ1v) is 7.28. The molecule has 5 heteroatoms. The summed E-state index contributed by atoms with van der Waals surface area (Å²) >= 11 is 3.34. The van der Waals surface area contributed by atoms with Gasteiger partial charge in [-0.2, -0.15) is 0 Å². The highest BCUT2D eigenvalue weighted by Gasteiger charge is 2.23. The summed E-state index contributed by atoms with van der Waals surface area (Å²) in [5, 5.41) is 9.51. The molecule has 110 valence electrons. The number of nitrogens with zero attached hydrogens (tertiary/aromatic N) is 1. The highest BCUT2D eigenvalue weighted by atomic mass is 79.9. The molecule has 0 bridgehead atoms. The topological polar surface area (TPSA) is 59.4 Å². The Bertz CT molecular complexity index is 640. The molecule has 1 N–H and O–H groups in total. The van der Waals surface area contributed by atoms with E-state index in [0.717, 1.165) is 21.3 Å². The van der Waals surface area contributed by atoms with Crippen molar-refractivity contribution in [3.05, 3.63) is 57.8 Å². The molecule has 0 aliphatic carbocycles. The van der Waals surface area contributed by atoms with E-state index in [4.69, 9.17) is 4.74 Å². The van der Waals surface area contributed by atoms with Crippen LogP contribution in [0.4, 0.5) is 0 Å². The third-order valence-electron chi connectivity index (χ3n) is 3.31. The van der Waals surface area contributed by atoms with E-state index in [1.165, 1.54) is 0 Å². The van der Waals surface area contributed by atoms with Crippen LogP contribution in [0.5, 0.6) is 5.75 Å². The van der Waals surface area contributed by atoms with E-state index in [1.54, 1.807) is 13.3 Å². The summed E-state index contributed by atoms with van der Waals surface area (Å²) < 4.78 is 5.95. The van der Waals surface area contributed by atoms with Crippen LogP contribution in [0.15, 0.2) is 41.0 Å². The van der Waals surface area contributed by atoms with Crippen LogP contribution in [0.3, 0.4) is 0 Å². The molecule has 0 aliphatic rings. The van der Waals surface area contributed by atoms with Crippen LogP contribution in [-0.4, -0.2) is 23.2 Å². The third kappa shape index (κ3) is 3.82. The van der Waals surface area contributed by atoms with Crippen molar-refractivity contribution in [1.82, 2.24) is 4.98 Å². The number of hydrogen-bond donors (Lipinski definition) is 1. The average molecular weight is 350 g/mol. The lowest BCUT2D eigenvalue weighted by Crippen LogP contribution is -2.17. The Balaban J connectivity index is 2.28. The van der Waals surface area contributed by atoms with Gasteiger partial charge in [0.05, 0.1) is 12.8 Å². The molecular weight excluding hydrogens is 334 g/mol. The minimum absolute atomic E-state index is 0.398. The minimum atomic E-state index is -0.872. The van der Waals surface area contributed by atoms with Crippen molar-refractivity contribution >= 4 is 21.9 Å². The maximum Gasteiger partial charge on any atom is 0.312 e. The Kier molecular flexibility index (Phi) is 4.96. The Hall–Kier alpha value is -1.88. The van der Waals surface area contributed by atoms with Gasteiger partial charge in [-0.3, -0.25) is 9.78 Å². The molecule has 1 atom stereocenters. The second-order valence-electron chi connectivity index (χ2n) is 4.80. The van der Waals surface area contributed by atoms with Gasteiger partial charge in [0.2, 0.25) is 0 Å². The van der Waals surface area contributed by atoms with E-state index in [1.807, 2.05) is 37.3 Å². The summed E-state index contributed by atoms with van der Waals surface area (Å²) in [5.74, 6) is -0.779. The molecule has 4 nitrogen and oxygen atoms in total. The molecule has 0 aliphatic heterocycles. The first-order valence-electron chi connectivity index (χ1n) is 6.49. The van der Waals surface area contributed by atoms with Gasteiger partial charge in [0.15, 0.2) is 0 Å². The summed E-state index contributed by atoms with van der Waals surface area (Å²) in [7, 11) is 1.60. The SMILES string of the molecule is COc1ccc(CC(C(=O)O)c2ncc(Br)cc2C)cc1. The summed E-state index contributed by atoms with van der Waals surface area (Å²) in [4.78, 5) is 15.9. The van der Waals surface area contributed by atoms with Crippen LogP contribution >= 0.6 is 15.9 Å². The molecule has 0 amide bonds. The van der Waals surface area contributed by atoms with Gasteiger partial charge < -0.3 is 9.84 Å². The van der Waals surface area contributed by atoms with Gasteiger partial charge in [-0.05, 0) is 58.6 Å². The number of halogens is 1. The first kappa shape index (κ1) is 15.5. The van der Waals surface area contributed by atoms with Crippen molar-refractivity contribution in [2.75, 3.05) is 7.11 Å². The first-order chi connectivity index (χ1) is 10.0. The van der Waals surface area contributed by atoms with Gasteiger partial charge in [-0.1, -0.05) is 12.1 Å². The Morgan fingerprint density at radius 3 is 2.57 bits per heavy atom. The fourth-order valence-corrected chi connectivity index (χ4v) is 2.66. The molecule has 0 spiro atoms. The lowest BCUT2D eigenvalue weighted by atomic mass is 9.93. The molecule has 0 fully saturated rings. The molecule has 2 aromatic rings. The molecule has 21 heavy (non-hydrogen) atoms. The van der Waals surface area contributed by atoms with Gasteiger partial charge in [0.1, 0.15) is 11.7 Å². The van der Waals surface area contributed by atoms with Crippen molar-refractivity contribution in [3.8, 4) is 5.75 Å². The van der Waals surface area contributed by atoms with Crippen LogP contribution in [0.1, 0.15) is 22.7 Å². The van der Waals surface area contributed by atoms with Crippen molar-refractivity contribution in [3.63, 3.8) is 0 Å². The Morgan fingerprint density at radius 1 is 1.38 bits per heavy atom. The molecule has 0 saturated carbocycles. The molecule has 1 aromatic carbocycles. The number of ether oxygens (including phenoxy) is 1. The minimum Gasteiger partial charge on any atom is -0.497 e. The summed E-state index contributed by atoms with van der Waals surface area (Å²) in [6.07, 6.45) is 2.03. The molecule has 0 radical (unpaired) electrons. The van der Waals surface area contributed by atoms with Crippen LogP contribution < -0.4 is 4.74 Å². The number of carbonyl (C=O) groups is 1. The number of pyridine rings is 1. The van der Waals surface area contributed by atoms with Crippen molar-refractivity contribution in [2.24, 2.45) is 0 Å². The number of aromatic nitrogens is 1. The number of benzene rings is 1. The second-order valence-corrected chi connectivity index (χ2v) is 5.71. The van der Waals surface area contributed by atoms with Gasteiger partial charge in [-0.25, -0.2) is 0 Å². The van der Waals surface area contributed by atoms with Gasteiger partial charge in [0, 0.05) is 10.7 Å². The van der Waals surface area contributed by atoms with Gasteiger partial charge >= 0.3 is 5.97 Å². The fourth-order valence-electron chi connectivity index (χ4n) is 2.21. The van der Waals surface area contributed by atoms with E-state index in [0.29, 0.717) is 12.1 Å².